The van der Waals surface area contributed by atoms with Gasteiger partial charge in [-0.1, -0.05) is 47.5 Å². The molecular formula is C24H28N2. The first-order chi connectivity index (χ1) is 12.4. The lowest BCUT2D eigenvalue weighted by atomic mass is 9.96. The van der Waals surface area contributed by atoms with Crippen LogP contribution in [0.5, 0.6) is 0 Å². The van der Waals surface area contributed by atoms with Gasteiger partial charge in [0.2, 0.25) is 0 Å². The van der Waals surface area contributed by atoms with Gasteiger partial charge in [-0.3, -0.25) is 5.43 Å². The topological polar surface area (TPSA) is 24.4 Å². The molecule has 0 heterocycles. The summed E-state index contributed by atoms with van der Waals surface area (Å²) >= 11 is 0. The molecule has 0 saturated carbocycles. The minimum atomic E-state index is 1.03. The zero-order chi connectivity index (χ0) is 18.8. The standard InChI is InChI=1S/C24H28N2/c1-15-11-17(3)24(18(4)12-15)26-25-14-21-9-7-8-10-22(21)23-13-16(2)19(5)20(23)6/h7-12,14,26H,13H2,1-6H3. The van der Waals surface area contributed by atoms with Gasteiger partial charge < -0.3 is 0 Å². The Balaban J connectivity index is 1.88. The Morgan fingerprint density at radius 3 is 2.15 bits per heavy atom. The smallest absolute Gasteiger partial charge is 0.0620 e. The molecule has 0 aromatic heterocycles. The van der Waals surface area contributed by atoms with Crippen LogP contribution in [0.1, 0.15) is 55.0 Å². The van der Waals surface area contributed by atoms with Crippen LogP contribution in [0, 0.1) is 20.8 Å². The van der Waals surface area contributed by atoms with Gasteiger partial charge in [0, 0.05) is 5.56 Å². The number of anilines is 1. The molecule has 0 radical (unpaired) electrons. The zero-order valence-electron chi connectivity index (χ0n) is 16.7. The van der Waals surface area contributed by atoms with Crippen LogP contribution in [0.25, 0.3) is 5.57 Å². The molecule has 0 bridgehead atoms. The highest BCUT2D eigenvalue weighted by molar-refractivity contribution is 5.91. The van der Waals surface area contributed by atoms with Crippen molar-refractivity contribution in [3.8, 4) is 0 Å². The van der Waals surface area contributed by atoms with Crippen molar-refractivity contribution in [3.63, 3.8) is 0 Å². The van der Waals surface area contributed by atoms with Gasteiger partial charge in [-0.2, -0.15) is 5.10 Å². The lowest BCUT2D eigenvalue weighted by Gasteiger charge is -2.11. The Morgan fingerprint density at radius 1 is 0.885 bits per heavy atom. The highest BCUT2D eigenvalue weighted by atomic mass is 15.3. The minimum absolute atomic E-state index is 1.03. The van der Waals surface area contributed by atoms with Crippen molar-refractivity contribution in [2.24, 2.45) is 5.10 Å². The molecule has 0 amide bonds. The first kappa shape index (κ1) is 18.2. The molecule has 2 aromatic carbocycles. The summed E-state index contributed by atoms with van der Waals surface area (Å²) in [5.74, 6) is 0. The van der Waals surface area contributed by atoms with E-state index in [1.54, 1.807) is 0 Å². The van der Waals surface area contributed by atoms with Crippen LogP contribution in [0.4, 0.5) is 5.69 Å². The van der Waals surface area contributed by atoms with E-state index in [4.69, 9.17) is 0 Å². The molecule has 0 aliphatic heterocycles. The number of hydrogen-bond donors (Lipinski definition) is 1. The molecule has 2 nitrogen and oxygen atoms in total. The van der Waals surface area contributed by atoms with E-state index in [0.717, 1.165) is 17.7 Å². The predicted molar refractivity (Wildman–Crippen MR) is 114 cm³/mol. The van der Waals surface area contributed by atoms with Gasteiger partial charge in [0.25, 0.3) is 0 Å². The van der Waals surface area contributed by atoms with Gasteiger partial charge in [0.1, 0.15) is 0 Å². The summed E-state index contributed by atoms with van der Waals surface area (Å²) in [4.78, 5) is 0. The number of benzene rings is 2. The average molecular weight is 345 g/mol. The normalized spacial score (nSPS) is 14.7. The first-order valence-electron chi connectivity index (χ1n) is 9.21. The lowest BCUT2D eigenvalue weighted by Crippen LogP contribution is -1.99. The van der Waals surface area contributed by atoms with E-state index in [9.17, 15) is 0 Å². The fourth-order valence-corrected chi connectivity index (χ4v) is 3.78. The maximum atomic E-state index is 4.55. The number of hydrogen-bond acceptors (Lipinski definition) is 2. The number of allylic oxidation sites excluding steroid dienone is 4. The molecule has 1 aliphatic rings. The van der Waals surface area contributed by atoms with Gasteiger partial charge >= 0.3 is 0 Å². The molecule has 1 aliphatic carbocycles. The molecule has 3 rings (SSSR count). The molecule has 0 spiro atoms. The minimum Gasteiger partial charge on any atom is -0.278 e. The second-order valence-corrected chi connectivity index (χ2v) is 7.42. The number of nitrogens with zero attached hydrogens (tertiary/aromatic N) is 1. The maximum Gasteiger partial charge on any atom is 0.0620 e. The Hall–Kier alpha value is -2.61. The van der Waals surface area contributed by atoms with Crippen molar-refractivity contribution in [2.75, 3.05) is 5.43 Å². The monoisotopic (exact) mass is 344 g/mol. The molecule has 134 valence electrons. The summed E-state index contributed by atoms with van der Waals surface area (Å²) in [5.41, 5.74) is 16.2. The van der Waals surface area contributed by atoms with Crippen LogP contribution >= 0.6 is 0 Å². The maximum absolute atomic E-state index is 4.55. The van der Waals surface area contributed by atoms with Crippen LogP contribution in [0.15, 0.2) is 58.2 Å². The molecule has 0 saturated heterocycles. The fourth-order valence-electron chi connectivity index (χ4n) is 3.78. The van der Waals surface area contributed by atoms with Crippen molar-refractivity contribution in [1.82, 2.24) is 0 Å². The summed E-state index contributed by atoms with van der Waals surface area (Å²) in [6.45, 7) is 13.0. The van der Waals surface area contributed by atoms with Gasteiger partial charge in [-0.25, -0.2) is 0 Å². The second kappa shape index (κ2) is 7.33. The van der Waals surface area contributed by atoms with Crippen molar-refractivity contribution < 1.29 is 0 Å². The Kier molecular flexibility index (Phi) is 5.13. The Labute approximate surface area is 157 Å². The molecule has 1 N–H and O–H groups in total. The number of hydrazone groups is 1. The third kappa shape index (κ3) is 3.50. The SMILES string of the molecule is CC1=C(C)C(C)=C(c2ccccc2C=NNc2c(C)cc(C)cc2C)C1. The van der Waals surface area contributed by atoms with Crippen LogP contribution in [-0.4, -0.2) is 6.21 Å². The Morgan fingerprint density at radius 2 is 1.54 bits per heavy atom. The van der Waals surface area contributed by atoms with Crippen molar-refractivity contribution in [1.29, 1.82) is 0 Å². The van der Waals surface area contributed by atoms with Gasteiger partial charge in [0.05, 0.1) is 11.9 Å². The summed E-state index contributed by atoms with van der Waals surface area (Å²) in [7, 11) is 0. The van der Waals surface area contributed by atoms with E-state index in [1.165, 1.54) is 44.5 Å². The Bertz CT molecular complexity index is 919. The summed E-state index contributed by atoms with van der Waals surface area (Å²) in [6, 6.07) is 12.9. The number of aryl methyl sites for hydroxylation is 3. The zero-order valence-corrected chi connectivity index (χ0v) is 16.7. The molecular weight excluding hydrogens is 316 g/mol. The summed E-state index contributed by atoms with van der Waals surface area (Å²) in [6.07, 6.45) is 2.98. The highest BCUT2D eigenvalue weighted by Gasteiger charge is 2.18. The summed E-state index contributed by atoms with van der Waals surface area (Å²) in [5, 5.41) is 4.55. The van der Waals surface area contributed by atoms with Gasteiger partial charge in [-0.05, 0) is 81.4 Å². The van der Waals surface area contributed by atoms with Gasteiger partial charge in [0.15, 0.2) is 0 Å². The van der Waals surface area contributed by atoms with Crippen LogP contribution in [0.3, 0.4) is 0 Å². The largest absolute Gasteiger partial charge is 0.278 e. The van der Waals surface area contributed by atoms with E-state index in [-0.39, 0.29) is 0 Å². The van der Waals surface area contributed by atoms with E-state index in [0.29, 0.717) is 0 Å². The quantitative estimate of drug-likeness (QED) is 0.492. The summed E-state index contributed by atoms with van der Waals surface area (Å²) < 4.78 is 0. The fraction of sp³-hybridized carbons (Fsp3) is 0.292. The number of rotatable bonds is 4. The van der Waals surface area contributed by atoms with E-state index < -0.39 is 0 Å². The van der Waals surface area contributed by atoms with Crippen LogP contribution in [-0.2, 0) is 0 Å². The molecule has 2 aromatic rings. The van der Waals surface area contributed by atoms with Crippen molar-refractivity contribution in [2.45, 2.75) is 48.0 Å². The molecule has 2 heteroatoms. The van der Waals surface area contributed by atoms with E-state index in [1.807, 2.05) is 6.21 Å². The van der Waals surface area contributed by atoms with Crippen molar-refractivity contribution in [3.05, 3.63) is 80.9 Å². The first-order valence-corrected chi connectivity index (χ1v) is 9.21. The third-order valence-electron chi connectivity index (χ3n) is 5.44. The number of nitrogens with one attached hydrogen (secondary N) is 1. The third-order valence-corrected chi connectivity index (χ3v) is 5.44. The van der Waals surface area contributed by atoms with Gasteiger partial charge in [-0.15, -0.1) is 0 Å². The highest BCUT2D eigenvalue weighted by Crippen LogP contribution is 2.38. The van der Waals surface area contributed by atoms with Crippen LogP contribution < -0.4 is 5.43 Å². The average Bonchev–Trinajstić information content (AvgIpc) is 2.85. The second-order valence-electron chi connectivity index (χ2n) is 7.42. The molecule has 26 heavy (non-hydrogen) atoms. The molecule has 0 unspecified atom stereocenters. The molecule has 0 fully saturated rings. The van der Waals surface area contributed by atoms with E-state index >= 15 is 0 Å². The van der Waals surface area contributed by atoms with E-state index in [2.05, 4.69) is 88.5 Å². The predicted octanol–water partition coefficient (Wildman–Crippen LogP) is 6.57. The lowest BCUT2D eigenvalue weighted by molar-refractivity contribution is 1.22. The molecule has 0 atom stereocenters. The van der Waals surface area contributed by atoms with Crippen LogP contribution in [0.2, 0.25) is 0 Å². The van der Waals surface area contributed by atoms with Crippen molar-refractivity contribution >= 4 is 17.5 Å².